The highest BCUT2D eigenvalue weighted by Crippen LogP contribution is 2.43. The van der Waals surface area contributed by atoms with E-state index in [1.54, 1.807) is 12.1 Å². The molecule has 1 heterocycles. The number of hydrogen-bond acceptors (Lipinski definition) is 3. The normalized spacial score (nSPS) is 23.5. The van der Waals surface area contributed by atoms with E-state index in [4.69, 9.17) is 0 Å². The van der Waals surface area contributed by atoms with Crippen molar-refractivity contribution in [3.63, 3.8) is 0 Å². The molecule has 4 nitrogen and oxygen atoms in total. The first-order chi connectivity index (χ1) is 9.29. The van der Waals surface area contributed by atoms with Crippen molar-refractivity contribution in [3.8, 4) is 5.75 Å². The van der Waals surface area contributed by atoms with E-state index >= 15 is 0 Å². The Bertz CT molecular complexity index is 533. The summed E-state index contributed by atoms with van der Waals surface area (Å²) < 4.78 is 0. The molecule has 1 aromatic carbocycles. The van der Waals surface area contributed by atoms with Gasteiger partial charge in [0.1, 0.15) is 5.75 Å². The lowest BCUT2D eigenvalue weighted by Gasteiger charge is -2.30. The fourth-order valence-corrected chi connectivity index (χ4v) is 2.89. The van der Waals surface area contributed by atoms with Gasteiger partial charge in [-0.1, -0.05) is 34.1 Å². The Labute approximate surface area is 119 Å². The third kappa shape index (κ3) is 2.19. The summed E-state index contributed by atoms with van der Waals surface area (Å²) >= 11 is 0. The number of carbonyl (C=O) groups is 2. The van der Waals surface area contributed by atoms with E-state index in [9.17, 15) is 14.7 Å². The van der Waals surface area contributed by atoms with Gasteiger partial charge in [0, 0.05) is 5.92 Å². The molecule has 1 N–H and O–H groups in total. The maximum Gasteiger partial charge on any atom is 0.238 e. The summed E-state index contributed by atoms with van der Waals surface area (Å²) in [6, 6.07) is 6.16. The number of hydrogen-bond donors (Lipinski definition) is 1. The zero-order chi connectivity index (χ0) is 15.1. The number of carbonyl (C=O) groups excluding carboxylic acids is 2. The van der Waals surface area contributed by atoms with Crippen molar-refractivity contribution in [1.82, 2.24) is 0 Å². The zero-order valence-electron chi connectivity index (χ0n) is 12.4. The van der Waals surface area contributed by atoms with Crippen molar-refractivity contribution >= 4 is 17.5 Å². The van der Waals surface area contributed by atoms with Gasteiger partial charge < -0.3 is 5.11 Å². The van der Waals surface area contributed by atoms with Crippen molar-refractivity contribution in [1.29, 1.82) is 0 Å². The molecule has 0 spiro atoms. The Balaban J connectivity index is 2.40. The molecule has 20 heavy (non-hydrogen) atoms. The van der Waals surface area contributed by atoms with Crippen LogP contribution in [-0.4, -0.2) is 16.9 Å². The van der Waals surface area contributed by atoms with Gasteiger partial charge in [0.25, 0.3) is 0 Å². The molecule has 2 atom stereocenters. The lowest BCUT2D eigenvalue weighted by atomic mass is 9.72. The maximum absolute atomic E-state index is 12.7. The van der Waals surface area contributed by atoms with E-state index in [0.717, 1.165) is 6.42 Å². The molecule has 0 aromatic heterocycles. The van der Waals surface area contributed by atoms with Gasteiger partial charge >= 0.3 is 0 Å². The number of rotatable bonds is 3. The molecule has 0 radical (unpaired) electrons. The lowest BCUT2D eigenvalue weighted by molar-refractivity contribution is -0.124. The van der Waals surface area contributed by atoms with Crippen molar-refractivity contribution < 1.29 is 14.7 Å². The molecule has 0 bridgehead atoms. The van der Waals surface area contributed by atoms with E-state index in [1.807, 2.05) is 27.7 Å². The second-order valence-corrected chi connectivity index (χ2v) is 6.14. The number of imide groups is 1. The second kappa shape index (κ2) is 4.93. The molecule has 4 heteroatoms. The number of phenolic OH excluding ortho intramolecular Hbond substituents is 1. The van der Waals surface area contributed by atoms with Crippen LogP contribution in [0.4, 0.5) is 5.69 Å². The average molecular weight is 275 g/mol. The van der Waals surface area contributed by atoms with Gasteiger partial charge in [0.2, 0.25) is 11.8 Å². The number of amides is 2. The minimum atomic E-state index is -0.314. The molecule has 1 saturated heterocycles. The lowest BCUT2D eigenvalue weighted by Crippen LogP contribution is -2.35. The largest absolute Gasteiger partial charge is 0.508 e. The van der Waals surface area contributed by atoms with Crippen LogP contribution in [0, 0.1) is 17.3 Å². The number of anilines is 1. The fraction of sp³-hybridized carbons (Fsp3) is 0.500. The molecule has 1 fully saturated rings. The molecule has 2 rings (SSSR count). The number of phenols is 1. The van der Waals surface area contributed by atoms with Gasteiger partial charge in [0.05, 0.1) is 11.6 Å². The van der Waals surface area contributed by atoms with E-state index in [0.29, 0.717) is 5.69 Å². The second-order valence-electron chi connectivity index (χ2n) is 6.14. The molecule has 2 amide bonds. The van der Waals surface area contributed by atoms with Gasteiger partial charge in [-0.3, -0.25) is 14.5 Å². The summed E-state index contributed by atoms with van der Waals surface area (Å²) in [5.41, 5.74) is 0.316. The van der Waals surface area contributed by atoms with Crippen molar-refractivity contribution in [2.45, 2.75) is 34.1 Å². The van der Waals surface area contributed by atoms with Gasteiger partial charge in [-0.25, -0.2) is 0 Å². The van der Waals surface area contributed by atoms with Gasteiger partial charge in [0.15, 0.2) is 0 Å². The Hall–Kier alpha value is -1.84. The summed E-state index contributed by atoms with van der Waals surface area (Å²) in [5, 5.41) is 9.31. The van der Waals surface area contributed by atoms with Crippen molar-refractivity contribution in [3.05, 3.63) is 24.3 Å². The van der Waals surface area contributed by atoms with E-state index in [-0.39, 0.29) is 34.8 Å². The van der Waals surface area contributed by atoms with Gasteiger partial charge in [-0.2, -0.15) is 0 Å². The first-order valence-electron chi connectivity index (χ1n) is 6.96. The number of aromatic hydroxyl groups is 1. The van der Waals surface area contributed by atoms with E-state index < -0.39 is 0 Å². The fourth-order valence-electron chi connectivity index (χ4n) is 2.89. The molecule has 108 valence electrons. The summed E-state index contributed by atoms with van der Waals surface area (Å²) in [7, 11) is 0. The zero-order valence-corrected chi connectivity index (χ0v) is 12.4. The van der Waals surface area contributed by atoms with Crippen LogP contribution in [0.25, 0.3) is 0 Å². The van der Waals surface area contributed by atoms with Crippen LogP contribution in [0.1, 0.15) is 34.1 Å². The molecule has 2 unspecified atom stereocenters. The Morgan fingerprint density at radius 2 is 1.70 bits per heavy atom. The molecule has 1 aliphatic rings. The molecule has 0 saturated carbocycles. The highest BCUT2D eigenvalue weighted by atomic mass is 16.3. The Morgan fingerprint density at radius 1 is 1.15 bits per heavy atom. The average Bonchev–Trinajstić information content (AvgIpc) is 2.62. The summed E-state index contributed by atoms with van der Waals surface area (Å²) in [4.78, 5) is 26.3. The molecule has 1 aromatic rings. The SMILES string of the molecule is CCC(C)(C)C1C(=O)N(c2ccc(O)cc2)C(=O)C1C. The third-order valence-corrected chi connectivity index (χ3v) is 4.46. The van der Waals surface area contributed by atoms with Crippen LogP contribution in [0.2, 0.25) is 0 Å². The first kappa shape index (κ1) is 14.6. The first-order valence-corrected chi connectivity index (χ1v) is 6.96. The van der Waals surface area contributed by atoms with Crippen LogP contribution in [0.3, 0.4) is 0 Å². The molecule has 1 aliphatic heterocycles. The predicted octanol–water partition coefficient (Wildman–Crippen LogP) is 2.95. The number of nitrogens with zero attached hydrogens (tertiary/aromatic N) is 1. The highest BCUT2D eigenvalue weighted by molar-refractivity contribution is 6.22. The topological polar surface area (TPSA) is 57.6 Å². The van der Waals surface area contributed by atoms with Crippen molar-refractivity contribution in [2.75, 3.05) is 4.90 Å². The smallest absolute Gasteiger partial charge is 0.238 e. The molecular weight excluding hydrogens is 254 g/mol. The van der Waals surface area contributed by atoms with Crippen LogP contribution < -0.4 is 4.90 Å². The quantitative estimate of drug-likeness (QED) is 0.863. The monoisotopic (exact) mass is 275 g/mol. The summed E-state index contributed by atoms with van der Waals surface area (Å²) in [5.74, 6) is -0.793. The Morgan fingerprint density at radius 3 is 2.20 bits per heavy atom. The standard InChI is InChI=1S/C16H21NO3/c1-5-16(3,4)13-10(2)14(19)17(15(13)20)11-6-8-12(18)9-7-11/h6-10,13,18H,5H2,1-4H3. The third-order valence-electron chi connectivity index (χ3n) is 4.46. The molecule has 0 aliphatic carbocycles. The minimum absolute atomic E-state index is 0.117. The number of benzene rings is 1. The van der Waals surface area contributed by atoms with Crippen LogP contribution in [-0.2, 0) is 9.59 Å². The summed E-state index contributed by atoms with van der Waals surface area (Å²) in [6.45, 7) is 7.91. The van der Waals surface area contributed by atoms with Crippen molar-refractivity contribution in [2.24, 2.45) is 17.3 Å². The molecular formula is C16H21NO3. The summed E-state index contributed by atoms with van der Waals surface area (Å²) in [6.07, 6.45) is 0.838. The van der Waals surface area contributed by atoms with Crippen LogP contribution >= 0.6 is 0 Å². The predicted molar refractivity (Wildman–Crippen MR) is 77.3 cm³/mol. The highest BCUT2D eigenvalue weighted by Gasteiger charge is 2.51. The van der Waals surface area contributed by atoms with Gasteiger partial charge in [-0.05, 0) is 29.7 Å². The Kier molecular flexibility index (Phi) is 3.59. The van der Waals surface area contributed by atoms with E-state index in [2.05, 4.69) is 0 Å². The van der Waals surface area contributed by atoms with E-state index in [1.165, 1.54) is 17.0 Å². The van der Waals surface area contributed by atoms with Gasteiger partial charge in [-0.15, -0.1) is 0 Å². The van der Waals surface area contributed by atoms with Crippen LogP contribution in [0.5, 0.6) is 5.75 Å². The maximum atomic E-state index is 12.7. The van der Waals surface area contributed by atoms with Crippen LogP contribution in [0.15, 0.2) is 24.3 Å². The minimum Gasteiger partial charge on any atom is -0.508 e.